The summed E-state index contributed by atoms with van der Waals surface area (Å²) in [6, 6.07) is 0. The SMILES string of the molecule is C=C(C)C(=O)OC(CC)[SiH2]COC. The Hall–Kier alpha value is -0.613. The first kappa shape index (κ1) is 12.4. The highest BCUT2D eigenvalue weighted by molar-refractivity contribution is 6.37. The molecule has 1 unspecified atom stereocenters. The number of hydrogen-bond acceptors (Lipinski definition) is 3. The normalized spacial score (nSPS) is 13.2. The van der Waals surface area contributed by atoms with Gasteiger partial charge in [-0.05, 0) is 13.3 Å². The third-order valence-corrected chi connectivity index (χ3v) is 3.75. The lowest BCUT2D eigenvalue weighted by Gasteiger charge is -2.14. The Labute approximate surface area is 81.9 Å². The molecule has 1 atom stereocenters. The van der Waals surface area contributed by atoms with Crippen LogP contribution < -0.4 is 0 Å². The third-order valence-electron chi connectivity index (χ3n) is 1.72. The van der Waals surface area contributed by atoms with E-state index in [0.717, 1.165) is 12.7 Å². The summed E-state index contributed by atoms with van der Waals surface area (Å²) >= 11 is 0. The van der Waals surface area contributed by atoms with E-state index < -0.39 is 9.52 Å². The first-order chi connectivity index (χ1) is 6.11. The lowest BCUT2D eigenvalue weighted by Crippen LogP contribution is -2.27. The summed E-state index contributed by atoms with van der Waals surface area (Å²) in [5.41, 5.74) is 0.550. The largest absolute Gasteiger partial charge is 0.464 e. The van der Waals surface area contributed by atoms with Crippen molar-refractivity contribution in [3.05, 3.63) is 12.2 Å². The highest BCUT2D eigenvalue weighted by Gasteiger charge is 2.12. The second-order valence-corrected chi connectivity index (χ2v) is 4.89. The number of rotatable bonds is 6. The molecule has 0 saturated carbocycles. The van der Waals surface area contributed by atoms with Crippen LogP contribution >= 0.6 is 0 Å². The summed E-state index contributed by atoms with van der Waals surface area (Å²) in [6.45, 7) is 7.20. The molecule has 0 heterocycles. The van der Waals surface area contributed by atoms with Crippen LogP contribution in [0.5, 0.6) is 0 Å². The molecule has 0 radical (unpaired) electrons. The van der Waals surface area contributed by atoms with Crippen LogP contribution in [-0.2, 0) is 14.3 Å². The number of carbonyl (C=O) groups is 1. The molecule has 3 nitrogen and oxygen atoms in total. The standard InChI is InChI=1S/C9H18O3Si/c1-5-8(13-6-11-4)12-9(10)7(2)3/h8H,2,5-6,13H2,1,3-4H3. The van der Waals surface area contributed by atoms with Gasteiger partial charge in [0.2, 0.25) is 0 Å². The highest BCUT2D eigenvalue weighted by Crippen LogP contribution is 2.01. The topological polar surface area (TPSA) is 35.5 Å². The van der Waals surface area contributed by atoms with Crippen molar-refractivity contribution in [3.63, 3.8) is 0 Å². The molecule has 0 bridgehead atoms. The zero-order valence-electron chi connectivity index (χ0n) is 8.63. The van der Waals surface area contributed by atoms with E-state index in [1.165, 1.54) is 0 Å². The van der Waals surface area contributed by atoms with E-state index in [-0.39, 0.29) is 11.7 Å². The van der Waals surface area contributed by atoms with E-state index in [9.17, 15) is 4.79 Å². The summed E-state index contributed by atoms with van der Waals surface area (Å²) < 4.78 is 10.2. The Balaban J connectivity index is 3.83. The minimum absolute atomic E-state index is 0.0872. The minimum atomic E-state index is -0.456. The van der Waals surface area contributed by atoms with E-state index in [0.29, 0.717) is 5.57 Å². The summed E-state index contributed by atoms with van der Waals surface area (Å²) in [5, 5.41) is 0. The molecular weight excluding hydrogens is 184 g/mol. The molecule has 0 amide bonds. The maximum absolute atomic E-state index is 11.1. The maximum Gasteiger partial charge on any atom is 0.333 e. The van der Waals surface area contributed by atoms with E-state index in [4.69, 9.17) is 9.47 Å². The monoisotopic (exact) mass is 202 g/mol. The summed E-state index contributed by atoms with van der Waals surface area (Å²) in [5.74, 6) is -0.282. The van der Waals surface area contributed by atoms with Crippen LogP contribution in [0.25, 0.3) is 0 Å². The lowest BCUT2D eigenvalue weighted by atomic mass is 10.4. The Kier molecular flexibility index (Phi) is 6.53. The van der Waals surface area contributed by atoms with Gasteiger partial charge in [0.05, 0.1) is 5.73 Å². The second kappa shape index (κ2) is 6.86. The van der Waals surface area contributed by atoms with E-state index >= 15 is 0 Å². The van der Waals surface area contributed by atoms with Gasteiger partial charge in [-0.1, -0.05) is 13.5 Å². The molecule has 0 aliphatic carbocycles. The molecule has 0 spiro atoms. The fourth-order valence-corrected chi connectivity index (χ4v) is 2.02. The van der Waals surface area contributed by atoms with Gasteiger partial charge in [0.25, 0.3) is 0 Å². The summed E-state index contributed by atoms with van der Waals surface area (Å²) in [7, 11) is 1.21. The quantitative estimate of drug-likeness (QED) is 0.360. The molecule has 0 aromatic carbocycles. The zero-order chi connectivity index (χ0) is 10.3. The molecule has 0 saturated heterocycles. The van der Waals surface area contributed by atoms with Gasteiger partial charge < -0.3 is 9.47 Å². The third kappa shape index (κ3) is 5.60. The Morgan fingerprint density at radius 3 is 2.62 bits per heavy atom. The van der Waals surface area contributed by atoms with Gasteiger partial charge in [0, 0.05) is 18.9 Å². The van der Waals surface area contributed by atoms with Crippen LogP contribution in [0.15, 0.2) is 12.2 Å². The van der Waals surface area contributed by atoms with Crippen molar-refractivity contribution in [3.8, 4) is 0 Å². The average Bonchev–Trinajstić information content (AvgIpc) is 2.11. The minimum Gasteiger partial charge on any atom is -0.464 e. The van der Waals surface area contributed by atoms with Crippen molar-refractivity contribution in [2.75, 3.05) is 13.3 Å². The average molecular weight is 202 g/mol. The number of ether oxygens (including phenoxy) is 2. The van der Waals surface area contributed by atoms with Crippen LogP contribution in [0.1, 0.15) is 20.3 Å². The van der Waals surface area contributed by atoms with Crippen molar-refractivity contribution in [1.29, 1.82) is 0 Å². The molecule has 0 aliphatic rings. The number of hydrogen-bond donors (Lipinski definition) is 0. The number of methoxy groups -OCH3 is 1. The van der Waals surface area contributed by atoms with Crippen molar-refractivity contribution in [1.82, 2.24) is 0 Å². The molecule has 0 N–H and O–H groups in total. The van der Waals surface area contributed by atoms with Crippen molar-refractivity contribution < 1.29 is 14.3 Å². The molecular formula is C9H18O3Si. The highest BCUT2D eigenvalue weighted by atomic mass is 28.2. The number of esters is 1. The van der Waals surface area contributed by atoms with Gasteiger partial charge >= 0.3 is 5.97 Å². The van der Waals surface area contributed by atoms with Crippen molar-refractivity contribution in [2.24, 2.45) is 0 Å². The molecule has 0 aliphatic heterocycles. The van der Waals surface area contributed by atoms with Gasteiger partial charge in [-0.15, -0.1) is 0 Å². The van der Waals surface area contributed by atoms with E-state index in [1.807, 2.05) is 6.92 Å². The Morgan fingerprint density at radius 1 is 1.62 bits per heavy atom. The molecule has 4 heteroatoms. The van der Waals surface area contributed by atoms with E-state index in [2.05, 4.69) is 6.58 Å². The lowest BCUT2D eigenvalue weighted by molar-refractivity contribution is -0.140. The molecule has 0 aromatic heterocycles. The van der Waals surface area contributed by atoms with Crippen LogP contribution in [0.4, 0.5) is 0 Å². The number of carbonyl (C=O) groups excluding carboxylic acids is 1. The van der Waals surface area contributed by atoms with Crippen LogP contribution in [0.2, 0.25) is 0 Å². The van der Waals surface area contributed by atoms with Crippen LogP contribution in [0.3, 0.4) is 0 Å². The summed E-state index contributed by atoms with van der Waals surface area (Å²) in [6.07, 6.45) is 1.62. The zero-order valence-corrected chi connectivity index (χ0v) is 10.0. The fourth-order valence-electron chi connectivity index (χ4n) is 0.848. The first-order valence-electron chi connectivity index (χ1n) is 4.47. The van der Waals surface area contributed by atoms with Crippen molar-refractivity contribution in [2.45, 2.75) is 26.0 Å². The molecule has 0 fully saturated rings. The summed E-state index contributed by atoms with van der Waals surface area (Å²) in [4.78, 5) is 11.1. The Bertz CT molecular complexity index is 180. The smallest absolute Gasteiger partial charge is 0.333 e. The van der Waals surface area contributed by atoms with Gasteiger partial charge in [-0.25, -0.2) is 4.79 Å². The van der Waals surface area contributed by atoms with Gasteiger partial charge in [0.1, 0.15) is 9.52 Å². The Morgan fingerprint density at radius 2 is 2.23 bits per heavy atom. The van der Waals surface area contributed by atoms with Gasteiger partial charge in [0.15, 0.2) is 0 Å². The first-order valence-corrected chi connectivity index (χ1v) is 6.28. The van der Waals surface area contributed by atoms with Gasteiger partial charge in [-0.2, -0.15) is 0 Å². The molecule has 0 aromatic rings. The second-order valence-electron chi connectivity index (χ2n) is 3.00. The van der Waals surface area contributed by atoms with Crippen molar-refractivity contribution >= 4 is 15.5 Å². The molecule has 76 valence electrons. The fraction of sp³-hybridized carbons (Fsp3) is 0.667. The van der Waals surface area contributed by atoms with Crippen LogP contribution in [-0.4, -0.2) is 34.6 Å². The predicted molar refractivity (Wildman–Crippen MR) is 55.4 cm³/mol. The van der Waals surface area contributed by atoms with Crippen LogP contribution in [0, 0.1) is 0 Å². The maximum atomic E-state index is 11.1. The predicted octanol–water partition coefficient (Wildman–Crippen LogP) is 0.614. The molecule has 0 rings (SSSR count). The van der Waals surface area contributed by atoms with E-state index in [1.54, 1.807) is 14.0 Å². The van der Waals surface area contributed by atoms with Gasteiger partial charge in [-0.3, -0.25) is 0 Å². The molecule has 13 heavy (non-hydrogen) atoms.